The van der Waals surface area contributed by atoms with Gasteiger partial charge in [0.15, 0.2) is 0 Å². The summed E-state index contributed by atoms with van der Waals surface area (Å²) in [6.07, 6.45) is 1.79. The van der Waals surface area contributed by atoms with Crippen LogP contribution in [0.4, 0.5) is 0 Å². The lowest BCUT2D eigenvalue weighted by molar-refractivity contribution is 0.315. The third-order valence-corrected chi connectivity index (χ3v) is 5.93. The second kappa shape index (κ2) is 5.71. The molecule has 1 aliphatic carbocycles. The number of hydrogen-bond acceptors (Lipinski definition) is 6. The minimum Gasteiger partial charge on any atom is -0.465 e. The SMILES string of the molecule is Cc1ccc(CN(C2CC2)S(=O)(=O)Cc2ccc3nonc3c2)o1. The molecule has 0 radical (unpaired) electrons. The van der Waals surface area contributed by atoms with Gasteiger partial charge in [-0.05, 0) is 59.9 Å². The van der Waals surface area contributed by atoms with Crippen LogP contribution >= 0.6 is 0 Å². The predicted octanol–water partition coefficient (Wildman–Crippen LogP) is 2.62. The van der Waals surface area contributed by atoms with Crippen molar-refractivity contribution in [2.45, 2.75) is 38.1 Å². The number of rotatable bonds is 6. The van der Waals surface area contributed by atoms with E-state index in [9.17, 15) is 8.42 Å². The Morgan fingerprint density at radius 3 is 2.67 bits per heavy atom. The lowest BCUT2D eigenvalue weighted by Crippen LogP contribution is -2.33. The highest BCUT2D eigenvalue weighted by Crippen LogP contribution is 2.32. The van der Waals surface area contributed by atoms with Gasteiger partial charge in [-0.25, -0.2) is 13.0 Å². The molecule has 0 amide bonds. The highest BCUT2D eigenvalue weighted by molar-refractivity contribution is 7.88. The third kappa shape index (κ3) is 3.07. The van der Waals surface area contributed by atoms with E-state index >= 15 is 0 Å². The van der Waals surface area contributed by atoms with E-state index < -0.39 is 10.0 Å². The summed E-state index contributed by atoms with van der Waals surface area (Å²) in [5.41, 5.74) is 1.84. The Morgan fingerprint density at radius 1 is 1.17 bits per heavy atom. The van der Waals surface area contributed by atoms with Crippen LogP contribution in [0.5, 0.6) is 0 Å². The lowest BCUT2D eigenvalue weighted by atomic mass is 10.2. The monoisotopic (exact) mass is 347 g/mol. The Kier molecular flexibility index (Phi) is 3.65. The Labute approximate surface area is 139 Å². The standard InChI is InChI=1S/C16H17N3O4S/c1-11-2-6-14(22-11)9-19(13-4-5-13)24(20,21)10-12-3-7-15-16(8-12)18-23-17-15/h2-3,6-8,13H,4-5,9-10H2,1H3. The van der Waals surface area contributed by atoms with Gasteiger partial charge in [-0.2, -0.15) is 4.31 Å². The van der Waals surface area contributed by atoms with Gasteiger partial charge < -0.3 is 4.42 Å². The van der Waals surface area contributed by atoms with Crippen molar-refractivity contribution in [1.82, 2.24) is 14.6 Å². The largest absolute Gasteiger partial charge is 0.465 e. The molecule has 0 spiro atoms. The van der Waals surface area contributed by atoms with Gasteiger partial charge in [0, 0.05) is 6.04 Å². The molecule has 0 atom stereocenters. The van der Waals surface area contributed by atoms with Gasteiger partial charge in [0.25, 0.3) is 0 Å². The van der Waals surface area contributed by atoms with Crippen molar-refractivity contribution < 1.29 is 17.5 Å². The molecule has 8 heteroatoms. The Balaban J connectivity index is 1.58. The number of aryl methyl sites for hydroxylation is 1. The van der Waals surface area contributed by atoms with Crippen LogP contribution in [0.3, 0.4) is 0 Å². The van der Waals surface area contributed by atoms with Crippen LogP contribution in [-0.2, 0) is 22.3 Å². The van der Waals surface area contributed by atoms with Crippen molar-refractivity contribution in [3.8, 4) is 0 Å². The second-order valence-corrected chi connectivity index (χ2v) is 8.05. The Morgan fingerprint density at radius 2 is 1.96 bits per heavy atom. The molecule has 0 saturated heterocycles. The van der Waals surface area contributed by atoms with E-state index in [4.69, 9.17) is 4.42 Å². The molecule has 1 aromatic carbocycles. The molecule has 1 fully saturated rings. The number of sulfonamides is 1. The number of fused-ring (bicyclic) bond motifs is 1. The normalized spacial score (nSPS) is 15.4. The summed E-state index contributed by atoms with van der Waals surface area (Å²) in [7, 11) is -3.46. The minimum absolute atomic E-state index is 0.0675. The summed E-state index contributed by atoms with van der Waals surface area (Å²) in [5, 5.41) is 7.49. The van der Waals surface area contributed by atoms with Crippen LogP contribution in [-0.4, -0.2) is 29.1 Å². The van der Waals surface area contributed by atoms with Crippen molar-refractivity contribution in [2.75, 3.05) is 0 Å². The minimum atomic E-state index is -3.46. The smallest absolute Gasteiger partial charge is 0.218 e. The molecule has 0 unspecified atom stereocenters. The van der Waals surface area contributed by atoms with Crippen LogP contribution in [0.15, 0.2) is 39.4 Å². The maximum absolute atomic E-state index is 12.9. The molecule has 1 aliphatic rings. The van der Waals surface area contributed by atoms with E-state index in [1.165, 1.54) is 0 Å². The van der Waals surface area contributed by atoms with E-state index in [0.717, 1.165) is 18.6 Å². The van der Waals surface area contributed by atoms with Crippen molar-refractivity contribution in [3.05, 3.63) is 47.4 Å². The predicted molar refractivity (Wildman–Crippen MR) is 86.4 cm³/mol. The van der Waals surface area contributed by atoms with Crippen molar-refractivity contribution >= 4 is 21.1 Å². The van der Waals surface area contributed by atoms with E-state index in [1.807, 2.05) is 19.1 Å². The van der Waals surface area contributed by atoms with E-state index in [-0.39, 0.29) is 18.3 Å². The molecule has 4 rings (SSSR count). The summed E-state index contributed by atoms with van der Waals surface area (Å²) < 4.78 is 37.5. The van der Waals surface area contributed by atoms with Crippen LogP contribution in [0.1, 0.15) is 29.9 Å². The van der Waals surface area contributed by atoms with Crippen molar-refractivity contribution in [1.29, 1.82) is 0 Å². The maximum Gasteiger partial charge on any atom is 0.218 e. The number of benzene rings is 1. The first-order chi connectivity index (χ1) is 11.5. The molecule has 0 aliphatic heterocycles. The molecule has 2 heterocycles. The summed E-state index contributed by atoms with van der Waals surface area (Å²) in [4.78, 5) is 0. The van der Waals surface area contributed by atoms with Crippen LogP contribution in [0.25, 0.3) is 11.0 Å². The van der Waals surface area contributed by atoms with Crippen LogP contribution in [0.2, 0.25) is 0 Å². The molecule has 7 nitrogen and oxygen atoms in total. The van der Waals surface area contributed by atoms with Gasteiger partial charge >= 0.3 is 0 Å². The first kappa shape index (κ1) is 15.3. The summed E-state index contributed by atoms with van der Waals surface area (Å²) >= 11 is 0. The number of hydrogen-bond donors (Lipinski definition) is 0. The fourth-order valence-electron chi connectivity index (χ4n) is 2.75. The van der Waals surface area contributed by atoms with Gasteiger partial charge in [-0.15, -0.1) is 0 Å². The first-order valence-corrected chi connectivity index (χ1v) is 9.38. The highest BCUT2D eigenvalue weighted by atomic mass is 32.2. The molecule has 1 saturated carbocycles. The lowest BCUT2D eigenvalue weighted by Gasteiger charge is -2.20. The molecule has 24 heavy (non-hydrogen) atoms. The zero-order chi connectivity index (χ0) is 16.7. The van der Waals surface area contributed by atoms with Gasteiger partial charge in [-0.1, -0.05) is 6.07 Å². The average molecular weight is 347 g/mol. The molecule has 126 valence electrons. The van der Waals surface area contributed by atoms with Crippen LogP contribution < -0.4 is 0 Å². The van der Waals surface area contributed by atoms with Crippen molar-refractivity contribution in [2.24, 2.45) is 0 Å². The third-order valence-electron chi connectivity index (χ3n) is 4.09. The molecule has 0 bridgehead atoms. The van der Waals surface area contributed by atoms with Crippen LogP contribution in [0, 0.1) is 6.92 Å². The zero-order valence-corrected chi connectivity index (χ0v) is 14.0. The average Bonchev–Trinajstić information content (AvgIpc) is 3.11. The van der Waals surface area contributed by atoms with Gasteiger partial charge in [0.2, 0.25) is 10.0 Å². The van der Waals surface area contributed by atoms with Gasteiger partial charge in [0.1, 0.15) is 22.6 Å². The summed E-state index contributed by atoms with van der Waals surface area (Å²) in [6, 6.07) is 8.90. The fraction of sp³-hybridized carbons (Fsp3) is 0.375. The van der Waals surface area contributed by atoms with Gasteiger partial charge in [0.05, 0.1) is 12.3 Å². The maximum atomic E-state index is 12.9. The molecule has 0 N–H and O–H groups in total. The molecular weight excluding hydrogens is 330 g/mol. The van der Waals surface area contributed by atoms with E-state index in [1.54, 1.807) is 22.5 Å². The van der Waals surface area contributed by atoms with Gasteiger partial charge in [-0.3, -0.25) is 0 Å². The topological polar surface area (TPSA) is 89.4 Å². The first-order valence-electron chi connectivity index (χ1n) is 7.77. The summed E-state index contributed by atoms with van der Waals surface area (Å²) in [6.45, 7) is 2.12. The zero-order valence-electron chi connectivity index (χ0n) is 13.2. The Bertz CT molecular complexity index is 972. The molecular formula is C16H17N3O4S. The second-order valence-electron chi connectivity index (χ2n) is 6.13. The number of furan rings is 1. The number of aromatic nitrogens is 2. The van der Waals surface area contributed by atoms with Crippen molar-refractivity contribution in [3.63, 3.8) is 0 Å². The highest BCUT2D eigenvalue weighted by Gasteiger charge is 2.37. The van der Waals surface area contributed by atoms with E-state index in [0.29, 0.717) is 22.4 Å². The van der Waals surface area contributed by atoms with E-state index in [2.05, 4.69) is 14.9 Å². The quantitative estimate of drug-likeness (QED) is 0.681. The molecule has 2 aromatic heterocycles. The fourth-order valence-corrected chi connectivity index (χ4v) is 4.51. The molecule has 3 aromatic rings. The number of nitrogens with zero attached hydrogens (tertiary/aromatic N) is 3. The Hall–Kier alpha value is -2.19. The summed E-state index contributed by atoms with van der Waals surface area (Å²) in [5.74, 6) is 1.37.